The van der Waals surface area contributed by atoms with E-state index in [9.17, 15) is 14.0 Å². The van der Waals surface area contributed by atoms with Gasteiger partial charge in [-0.1, -0.05) is 18.6 Å². The summed E-state index contributed by atoms with van der Waals surface area (Å²) in [5.74, 6) is 0.0214. The van der Waals surface area contributed by atoms with Crippen LogP contribution in [0, 0.1) is 11.7 Å². The number of nitrogens with one attached hydrogen (secondary N) is 1. The smallest absolute Gasteiger partial charge is 0.230 e. The van der Waals surface area contributed by atoms with Crippen LogP contribution >= 0.6 is 0 Å². The molecule has 1 unspecified atom stereocenters. The molecule has 1 aromatic carbocycles. The van der Waals surface area contributed by atoms with Gasteiger partial charge < -0.3 is 16.0 Å². The molecule has 2 fully saturated rings. The number of rotatable bonds is 6. The van der Waals surface area contributed by atoms with E-state index in [1.54, 1.807) is 17.0 Å². The van der Waals surface area contributed by atoms with Crippen molar-refractivity contribution < 1.29 is 14.0 Å². The Morgan fingerprint density at radius 3 is 2.48 bits per heavy atom. The fraction of sp³-hybridized carbons (Fsp3) is 0.579. The summed E-state index contributed by atoms with van der Waals surface area (Å²) in [5.41, 5.74) is 6.62. The SMILES string of the molecule is NC(CNC(=O)C1(c2ccc(F)cc2)CCC1)C1CCN(C=O)CC1. The van der Waals surface area contributed by atoms with Crippen molar-refractivity contribution in [2.24, 2.45) is 11.7 Å². The molecule has 1 saturated carbocycles. The van der Waals surface area contributed by atoms with Gasteiger partial charge in [-0.3, -0.25) is 9.59 Å². The van der Waals surface area contributed by atoms with Crippen molar-refractivity contribution in [1.82, 2.24) is 10.2 Å². The molecule has 2 amide bonds. The molecule has 0 aromatic heterocycles. The first-order valence-corrected chi connectivity index (χ1v) is 9.04. The molecular weight excluding hydrogens is 321 g/mol. The van der Waals surface area contributed by atoms with Gasteiger partial charge in [0.15, 0.2) is 0 Å². The summed E-state index contributed by atoms with van der Waals surface area (Å²) in [6.07, 6.45) is 5.21. The summed E-state index contributed by atoms with van der Waals surface area (Å²) >= 11 is 0. The number of hydrogen-bond acceptors (Lipinski definition) is 3. The number of piperidine rings is 1. The molecule has 3 rings (SSSR count). The lowest BCUT2D eigenvalue weighted by Crippen LogP contribution is -2.53. The molecule has 0 radical (unpaired) electrons. The first-order chi connectivity index (χ1) is 12.0. The van der Waals surface area contributed by atoms with E-state index in [1.807, 2.05) is 0 Å². The number of nitrogens with two attached hydrogens (primary N) is 1. The maximum absolute atomic E-state index is 13.2. The van der Waals surface area contributed by atoms with Crippen LogP contribution in [0.2, 0.25) is 0 Å². The molecule has 0 spiro atoms. The number of carbonyl (C=O) groups excluding carboxylic acids is 2. The molecule has 3 N–H and O–H groups in total. The predicted octanol–water partition coefficient (Wildman–Crippen LogP) is 1.56. The van der Waals surface area contributed by atoms with Crippen LogP contribution in [0.25, 0.3) is 0 Å². The van der Waals surface area contributed by atoms with Crippen molar-refractivity contribution in [3.63, 3.8) is 0 Å². The second kappa shape index (κ2) is 7.52. The fourth-order valence-electron chi connectivity index (χ4n) is 3.95. The van der Waals surface area contributed by atoms with Crippen molar-refractivity contribution in [2.45, 2.75) is 43.6 Å². The zero-order valence-corrected chi connectivity index (χ0v) is 14.4. The first kappa shape index (κ1) is 17.9. The molecule has 1 aromatic rings. The van der Waals surface area contributed by atoms with Gasteiger partial charge >= 0.3 is 0 Å². The van der Waals surface area contributed by atoms with E-state index in [1.165, 1.54) is 12.1 Å². The second-order valence-electron chi connectivity index (χ2n) is 7.30. The Hall–Kier alpha value is -1.95. The van der Waals surface area contributed by atoms with Crippen LogP contribution in [0.5, 0.6) is 0 Å². The van der Waals surface area contributed by atoms with Gasteiger partial charge in [0, 0.05) is 25.7 Å². The summed E-state index contributed by atoms with van der Waals surface area (Å²) in [7, 11) is 0. The van der Waals surface area contributed by atoms with Gasteiger partial charge in [0.05, 0.1) is 5.41 Å². The number of benzene rings is 1. The molecule has 1 aliphatic heterocycles. The molecule has 136 valence electrons. The van der Waals surface area contributed by atoms with Crippen molar-refractivity contribution >= 4 is 12.3 Å². The van der Waals surface area contributed by atoms with Crippen LogP contribution < -0.4 is 11.1 Å². The average molecular weight is 347 g/mol. The van der Waals surface area contributed by atoms with E-state index >= 15 is 0 Å². The quantitative estimate of drug-likeness (QED) is 0.767. The third-order valence-electron chi connectivity index (χ3n) is 5.87. The molecule has 1 heterocycles. The highest BCUT2D eigenvalue weighted by Gasteiger charge is 2.45. The van der Waals surface area contributed by atoms with Crippen molar-refractivity contribution in [3.8, 4) is 0 Å². The van der Waals surface area contributed by atoms with Crippen LogP contribution in [-0.2, 0) is 15.0 Å². The van der Waals surface area contributed by atoms with Gasteiger partial charge in [-0.15, -0.1) is 0 Å². The standard InChI is InChI=1S/C19H26FN3O2/c20-16-4-2-15(3-5-16)19(8-1-9-19)18(25)22-12-17(21)14-6-10-23(13-24)11-7-14/h2-5,13-14,17H,1,6-12,21H2,(H,22,25). The number of halogens is 1. The van der Waals surface area contributed by atoms with Gasteiger partial charge in [-0.05, 0) is 49.3 Å². The summed E-state index contributed by atoms with van der Waals surface area (Å²) in [6.45, 7) is 1.90. The molecule has 1 atom stereocenters. The second-order valence-corrected chi connectivity index (χ2v) is 7.30. The third-order valence-corrected chi connectivity index (χ3v) is 5.87. The minimum Gasteiger partial charge on any atom is -0.354 e. The van der Waals surface area contributed by atoms with Crippen LogP contribution in [-0.4, -0.2) is 42.9 Å². The van der Waals surface area contributed by atoms with Gasteiger partial charge in [-0.2, -0.15) is 0 Å². The number of hydrogen-bond donors (Lipinski definition) is 2. The Balaban J connectivity index is 1.56. The monoisotopic (exact) mass is 347 g/mol. The van der Waals surface area contributed by atoms with Gasteiger partial charge in [-0.25, -0.2) is 4.39 Å². The molecule has 1 saturated heterocycles. The number of amides is 2. The molecule has 1 aliphatic carbocycles. The third kappa shape index (κ3) is 3.68. The zero-order chi connectivity index (χ0) is 17.9. The van der Waals surface area contributed by atoms with Crippen LogP contribution in [0.4, 0.5) is 4.39 Å². The summed E-state index contributed by atoms with van der Waals surface area (Å²) in [5, 5.41) is 3.02. The summed E-state index contributed by atoms with van der Waals surface area (Å²) < 4.78 is 13.2. The Kier molecular flexibility index (Phi) is 5.37. The first-order valence-electron chi connectivity index (χ1n) is 9.04. The molecule has 0 bridgehead atoms. The van der Waals surface area contributed by atoms with E-state index in [4.69, 9.17) is 5.73 Å². The largest absolute Gasteiger partial charge is 0.354 e. The maximum atomic E-state index is 13.2. The topological polar surface area (TPSA) is 75.4 Å². The van der Waals surface area contributed by atoms with Gasteiger partial charge in [0.1, 0.15) is 5.82 Å². The highest BCUT2D eigenvalue weighted by molar-refractivity contribution is 5.89. The fourth-order valence-corrected chi connectivity index (χ4v) is 3.95. The van der Waals surface area contributed by atoms with Gasteiger partial charge in [0.2, 0.25) is 12.3 Å². The molecule has 6 heteroatoms. The number of nitrogens with zero attached hydrogens (tertiary/aromatic N) is 1. The predicted molar refractivity (Wildman–Crippen MR) is 93.3 cm³/mol. The number of likely N-dealkylation sites (tertiary alicyclic amines) is 1. The van der Waals surface area contributed by atoms with Gasteiger partial charge in [0.25, 0.3) is 0 Å². The zero-order valence-electron chi connectivity index (χ0n) is 14.4. The Morgan fingerprint density at radius 2 is 1.96 bits per heavy atom. The van der Waals surface area contributed by atoms with E-state index in [2.05, 4.69) is 5.32 Å². The van der Waals surface area contributed by atoms with Crippen molar-refractivity contribution in [3.05, 3.63) is 35.6 Å². The van der Waals surface area contributed by atoms with E-state index in [0.717, 1.165) is 57.2 Å². The van der Waals surface area contributed by atoms with Crippen molar-refractivity contribution in [1.29, 1.82) is 0 Å². The summed E-state index contributed by atoms with van der Waals surface area (Å²) in [4.78, 5) is 25.3. The molecule has 2 aliphatic rings. The molecular formula is C19H26FN3O2. The highest BCUT2D eigenvalue weighted by atomic mass is 19.1. The van der Waals surface area contributed by atoms with E-state index in [0.29, 0.717) is 12.5 Å². The maximum Gasteiger partial charge on any atom is 0.230 e. The lowest BCUT2D eigenvalue weighted by molar-refractivity contribution is -0.130. The Bertz CT molecular complexity index is 608. The normalized spacial score (nSPS) is 21.3. The highest BCUT2D eigenvalue weighted by Crippen LogP contribution is 2.44. The lowest BCUT2D eigenvalue weighted by atomic mass is 9.63. The van der Waals surface area contributed by atoms with E-state index < -0.39 is 5.41 Å². The molecule has 25 heavy (non-hydrogen) atoms. The average Bonchev–Trinajstić information content (AvgIpc) is 2.60. The minimum atomic E-state index is -0.533. The van der Waals surface area contributed by atoms with Crippen molar-refractivity contribution in [2.75, 3.05) is 19.6 Å². The lowest BCUT2D eigenvalue weighted by Gasteiger charge is -2.41. The minimum absolute atomic E-state index is 0.00821. The molecule has 5 nitrogen and oxygen atoms in total. The Labute approximate surface area is 147 Å². The van der Waals surface area contributed by atoms with E-state index in [-0.39, 0.29) is 17.8 Å². The number of carbonyl (C=O) groups is 2. The van der Waals surface area contributed by atoms with Crippen LogP contribution in [0.1, 0.15) is 37.7 Å². The van der Waals surface area contributed by atoms with Crippen LogP contribution in [0.3, 0.4) is 0 Å². The Morgan fingerprint density at radius 1 is 1.32 bits per heavy atom. The van der Waals surface area contributed by atoms with Crippen LogP contribution in [0.15, 0.2) is 24.3 Å². The summed E-state index contributed by atoms with van der Waals surface area (Å²) in [6, 6.07) is 6.14.